The van der Waals surface area contributed by atoms with Crippen LogP contribution in [0.3, 0.4) is 0 Å². The van der Waals surface area contributed by atoms with Gasteiger partial charge in [0.15, 0.2) is 0 Å². The van der Waals surface area contributed by atoms with E-state index in [0.717, 1.165) is 19.5 Å². The van der Waals surface area contributed by atoms with Crippen LogP contribution in [0.5, 0.6) is 0 Å². The Balaban J connectivity index is 1.91. The molecule has 2 rings (SSSR count). The first-order chi connectivity index (χ1) is 8.97. The van der Waals surface area contributed by atoms with Crippen molar-refractivity contribution in [3.05, 3.63) is 18.0 Å². The van der Waals surface area contributed by atoms with E-state index < -0.39 is 0 Å². The van der Waals surface area contributed by atoms with Gasteiger partial charge in [-0.25, -0.2) is 0 Å². The lowest BCUT2D eigenvalue weighted by Crippen LogP contribution is -2.38. The SMILES string of the molecule is CC(C)N1CC[C@@H](NC(=O)c2cnn(C(C)C)c2)C1. The first-order valence-electron chi connectivity index (χ1n) is 7.06. The predicted octanol–water partition coefficient (Wildman–Crippen LogP) is 1.68. The summed E-state index contributed by atoms with van der Waals surface area (Å²) in [6.45, 7) is 10.5. The molecule has 106 valence electrons. The van der Waals surface area contributed by atoms with Gasteiger partial charge in [0, 0.05) is 37.4 Å². The van der Waals surface area contributed by atoms with E-state index in [1.807, 2.05) is 24.7 Å². The minimum Gasteiger partial charge on any atom is -0.348 e. The van der Waals surface area contributed by atoms with Crippen LogP contribution in [0.25, 0.3) is 0 Å². The molecule has 1 aliphatic heterocycles. The molecule has 0 radical (unpaired) electrons. The molecule has 0 bridgehead atoms. The summed E-state index contributed by atoms with van der Waals surface area (Å²) in [7, 11) is 0. The second-order valence-corrected chi connectivity index (χ2v) is 5.85. The maximum Gasteiger partial charge on any atom is 0.254 e. The van der Waals surface area contributed by atoms with Crippen molar-refractivity contribution in [2.45, 2.75) is 52.2 Å². The molecule has 19 heavy (non-hydrogen) atoms. The summed E-state index contributed by atoms with van der Waals surface area (Å²) < 4.78 is 1.81. The van der Waals surface area contributed by atoms with Crippen LogP contribution in [0.2, 0.25) is 0 Å². The third kappa shape index (κ3) is 3.35. The highest BCUT2D eigenvalue weighted by Crippen LogP contribution is 2.13. The Morgan fingerprint density at radius 3 is 2.63 bits per heavy atom. The molecule has 1 fully saturated rings. The minimum absolute atomic E-state index is 0.0116. The van der Waals surface area contributed by atoms with Gasteiger partial charge in [-0.2, -0.15) is 5.10 Å². The van der Waals surface area contributed by atoms with Crippen molar-refractivity contribution in [3.8, 4) is 0 Å². The lowest BCUT2D eigenvalue weighted by atomic mass is 10.2. The van der Waals surface area contributed by atoms with E-state index in [9.17, 15) is 4.79 Å². The van der Waals surface area contributed by atoms with Crippen LogP contribution in [0.15, 0.2) is 12.4 Å². The summed E-state index contributed by atoms with van der Waals surface area (Å²) in [5.41, 5.74) is 0.650. The van der Waals surface area contributed by atoms with Crippen LogP contribution in [0.1, 0.15) is 50.5 Å². The fraction of sp³-hybridized carbons (Fsp3) is 0.714. The zero-order valence-corrected chi connectivity index (χ0v) is 12.3. The van der Waals surface area contributed by atoms with E-state index in [2.05, 4.69) is 29.2 Å². The van der Waals surface area contributed by atoms with Crippen LogP contribution >= 0.6 is 0 Å². The Hall–Kier alpha value is -1.36. The Bertz CT molecular complexity index is 438. The fourth-order valence-electron chi connectivity index (χ4n) is 2.38. The highest BCUT2D eigenvalue weighted by Gasteiger charge is 2.25. The van der Waals surface area contributed by atoms with Gasteiger partial charge in [0.25, 0.3) is 5.91 Å². The molecule has 0 saturated carbocycles. The smallest absolute Gasteiger partial charge is 0.254 e. The molecule has 0 unspecified atom stereocenters. The summed E-state index contributed by atoms with van der Waals surface area (Å²) >= 11 is 0. The highest BCUT2D eigenvalue weighted by molar-refractivity contribution is 5.93. The molecule has 0 aliphatic carbocycles. The van der Waals surface area contributed by atoms with E-state index in [0.29, 0.717) is 11.6 Å². The van der Waals surface area contributed by atoms with E-state index in [4.69, 9.17) is 0 Å². The Morgan fingerprint density at radius 2 is 2.11 bits per heavy atom. The summed E-state index contributed by atoms with van der Waals surface area (Å²) in [4.78, 5) is 14.5. The van der Waals surface area contributed by atoms with Crippen molar-refractivity contribution in [3.63, 3.8) is 0 Å². The highest BCUT2D eigenvalue weighted by atomic mass is 16.1. The first kappa shape index (κ1) is 14.1. The van der Waals surface area contributed by atoms with Gasteiger partial charge < -0.3 is 5.32 Å². The van der Waals surface area contributed by atoms with Crippen LogP contribution in [0, 0.1) is 0 Å². The largest absolute Gasteiger partial charge is 0.348 e. The zero-order chi connectivity index (χ0) is 14.0. The number of carbonyl (C=O) groups is 1. The molecular formula is C14H24N4O. The predicted molar refractivity (Wildman–Crippen MR) is 75.2 cm³/mol. The number of hydrogen-bond acceptors (Lipinski definition) is 3. The molecule has 1 aromatic rings. The van der Waals surface area contributed by atoms with E-state index >= 15 is 0 Å². The van der Waals surface area contributed by atoms with Crippen molar-refractivity contribution >= 4 is 5.91 Å². The molecule has 5 heteroatoms. The van der Waals surface area contributed by atoms with Gasteiger partial charge in [0.2, 0.25) is 0 Å². The molecular weight excluding hydrogens is 240 g/mol. The average Bonchev–Trinajstić information content (AvgIpc) is 2.96. The third-order valence-corrected chi connectivity index (χ3v) is 3.68. The second-order valence-electron chi connectivity index (χ2n) is 5.85. The maximum atomic E-state index is 12.1. The number of nitrogens with zero attached hydrogens (tertiary/aromatic N) is 3. The van der Waals surface area contributed by atoms with Gasteiger partial charge >= 0.3 is 0 Å². The molecule has 0 spiro atoms. The van der Waals surface area contributed by atoms with Gasteiger partial charge in [0.05, 0.1) is 11.8 Å². The van der Waals surface area contributed by atoms with Crippen molar-refractivity contribution in [2.75, 3.05) is 13.1 Å². The average molecular weight is 264 g/mol. The monoisotopic (exact) mass is 264 g/mol. The topological polar surface area (TPSA) is 50.2 Å². The molecule has 1 saturated heterocycles. The fourth-order valence-corrected chi connectivity index (χ4v) is 2.38. The van der Waals surface area contributed by atoms with Gasteiger partial charge in [-0.3, -0.25) is 14.4 Å². The molecule has 5 nitrogen and oxygen atoms in total. The van der Waals surface area contributed by atoms with Crippen LogP contribution in [0.4, 0.5) is 0 Å². The number of likely N-dealkylation sites (tertiary alicyclic amines) is 1. The Kier molecular flexibility index (Phi) is 4.24. The number of hydrogen-bond donors (Lipinski definition) is 1. The summed E-state index contributed by atoms with van der Waals surface area (Å²) in [6, 6.07) is 1.09. The molecule has 1 aliphatic rings. The maximum absolute atomic E-state index is 12.1. The first-order valence-corrected chi connectivity index (χ1v) is 7.06. The van der Waals surface area contributed by atoms with Gasteiger partial charge in [-0.05, 0) is 34.1 Å². The third-order valence-electron chi connectivity index (χ3n) is 3.68. The standard InChI is InChI=1S/C14H24N4O/c1-10(2)17-6-5-13(9-17)16-14(19)12-7-15-18(8-12)11(3)4/h7-8,10-11,13H,5-6,9H2,1-4H3,(H,16,19)/t13-/m1/s1. The molecule has 0 aromatic carbocycles. The van der Waals surface area contributed by atoms with Crippen LogP contribution in [-0.2, 0) is 0 Å². The van der Waals surface area contributed by atoms with Gasteiger partial charge in [-0.1, -0.05) is 0 Å². The number of amides is 1. The Morgan fingerprint density at radius 1 is 1.37 bits per heavy atom. The molecule has 1 aromatic heterocycles. The summed E-state index contributed by atoms with van der Waals surface area (Å²) in [6.07, 6.45) is 4.49. The molecule has 1 amide bonds. The van der Waals surface area contributed by atoms with Gasteiger partial charge in [-0.15, -0.1) is 0 Å². The number of nitrogens with one attached hydrogen (secondary N) is 1. The number of carbonyl (C=O) groups excluding carboxylic acids is 1. The lowest BCUT2D eigenvalue weighted by molar-refractivity contribution is 0.0936. The minimum atomic E-state index is -0.0116. The Labute approximate surface area is 115 Å². The zero-order valence-electron chi connectivity index (χ0n) is 12.3. The number of aromatic nitrogens is 2. The van der Waals surface area contributed by atoms with E-state index in [1.54, 1.807) is 6.20 Å². The van der Waals surface area contributed by atoms with E-state index in [1.165, 1.54) is 0 Å². The lowest BCUT2D eigenvalue weighted by Gasteiger charge is -2.20. The van der Waals surface area contributed by atoms with Crippen molar-refractivity contribution in [2.24, 2.45) is 0 Å². The van der Waals surface area contributed by atoms with Crippen molar-refractivity contribution < 1.29 is 4.79 Å². The number of rotatable bonds is 4. The van der Waals surface area contributed by atoms with E-state index in [-0.39, 0.29) is 18.0 Å². The molecule has 1 N–H and O–H groups in total. The van der Waals surface area contributed by atoms with Gasteiger partial charge in [0.1, 0.15) is 0 Å². The quantitative estimate of drug-likeness (QED) is 0.900. The normalized spacial score (nSPS) is 20.4. The second kappa shape index (κ2) is 5.74. The summed E-state index contributed by atoms with van der Waals surface area (Å²) in [5, 5.41) is 7.30. The molecule has 2 heterocycles. The van der Waals surface area contributed by atoms with Crippen molar-refractivity contribution in [1.29, 1.82) is 0 Å². The summed E-state index contributed by atoms with van der Waals surface area (Å²) in [5.74, 6) is -0.0116. The van der Waals surface area contributed by atoms with Crippen molar-refractivity contribution in [1.82, 2.24) is 20.0 Å². The van der Waals surface area contributed by atoms with Crippen LogP contribution < -0.4 is 5.32 Å². The molecule has 1 atom stereocenters. The van der Waals surface area contributed by atoms with Crippen LogP contribution in [-0.4, -0.2) is 45.8 Å².